The Hall–Kier alpha value is -3.03. The highest BCUT2D eigenvalue weighted by molar-refractivity contribution is 6.17. The number of benzene rings is 2. The molecule has 6 fully saturated rings. The van der Waals surface area contributed by atoms with Crippen molar-refractivity contribution in [1.29, 1.82) is 0 Å². The summed E-state index contributed by atoms with van der Waals surface area (Å²) in [6.07, 6.45) is 5.07. The van der Waals surface area contributed by atoms with Crippen LogP contribution in [0.4, 0.5) is 0 Å². The van der Waals surface area contributed by atoms with E-state index in [1.807, 2.05) is 60.7 Å². The van der Waals surface area contributed by atoms with Gasteiger partial charge >= 0.3 is 11.9 Å². The lowest BCUT2D eigenvalue weighted by Gasteiger charge is -2.66. The van der Waals surface area contributed by atoms with Crippen molar-refractivity contribution >= 4 is 17.7 Å². The summed E-state index contributed by atoms with van der Waals surface area (Å²) in [5, 5.41) is 0. The van der Waals surface area contributed by atoms with Gasteiger partial charge in [-0.05, 0) is 81.3 Å². The van der Waals surface area contributed by atoms with Gasteiger partial charge in [0, 0.05) is 18.6 Å². The van der Waals surface area contributed by atoms with E-state index in [-0.39, 0.29) is 31.8 Å². The fourth-order valence-corrected chi connectivity index (χ4v) is 9.79. The molecular weight excluding hydrogens is 530 g/mol. The van der Waals surface area contributed by atoms with Crippen molar-refractivity contribution in [3.05, 3.63) is 71.8 Å². The third-order valence-corrected chi connectivity index (χ3v) is 11.0. The van der Waals surface area contributed by atoms with Crippen molar-refractivity contribution in [2.75, 3.05) is 26.3 Å². The van der Waals surface area contributed by atoms with Gasteiger partial charge in [0.1, 0.15) is 12.2 Å². The van der Waals surface area contributed by atoms with E-state index in [4.69, 9.17) is 14.2 Å². The van der Waals surface area contributed by atoms with E-state index in [2.05, 4.69) is 4.90 Å². The minimum absolute atomic E-state index is 0.126. The summed E-state index contributed by atoms with van der Waals surface area (Å²) in [6, 6.07) is 19.0. The topological polar surface area (TPSA) is 82.1 Å². The Bertz CT molecular complexity index is 1250. The molecule has 2 heterocycles. The predicted octanol–water partition coefficient (Wildman–Crippen LogP) is 5.45. The van der Waals surface area contributed by atoms with Crippen molar-refractivity contribution in [3.8, 4) is 0 Å². The van der Waals surface area contributed by atoms with Crippen LogP contribution in [0.25, 0.3) is 0 Å². The molecule has 7 heteroatoms. The molecule has 0 N–H and O–H groups in total. The molecule has 6 aliphatic rings. The lowest BCUT2D eigenvalue weighted by Crippen LogP contribution is -2.76. The molecule has 0 radical (unpaired) electrons. The molecule has 0 spiro atoms. The number of ether oxygens (including phenoxy) is 3. The molecule has 2 saturated heterocycles. The molecule has 2 aromatic carbocycles. The summed E-state index contributed by atoms with van der Waals surface area (Å²) in [7, 11) is 0. The number of Topliss-reactive ketones (excluding diaryl/α,β-unsaturated/α-hetero) is 1. The highest BCUT2D eigenvalue weighted by Gasteiger charge is 2.76. The number of hydrogen-bond donors (Lipinski definition) is 0. The summed E-state index contributed by atoms with van der Waals surface area (Å²) >= 11 is 0. The molecule has 42 heavy (non-hydrogen) atoms. The zero-order chi connectivity index (χ0) is 29.1. The van der Waals surface area contributed by atoms with Crippen LogP contribution in [-0.4, -0.2) is 54.5 Å². The van der Waals surface area contributed by atoms with Crippen molar-refractivity contribution in [1.82, 2.24) is 4.90 Å². The van der Waals surface area contributed by atoms with E-state index in [0.717, 1.165) is 30.4 Å². The van der Waals surface area contributed by atoms with Gasteiger partial charge in [0.25, 0.3) is 0 Å². The summed E-state index contributed by atoms with van der Waals surface area (Å²) in [4.78, 5) is 46.4. The Kier molecular flexibility index (Phi) is 6.82. The van der Waals surface area contributed by atoms with E-state index < -0.39 is 40.8 Å². The number of rotatable bonds is 7. The Morgan fingerprint density at radius 1 is 0.738 bits per heavy atom. The molecule has 4 atom stereocenters. The quantitative estimate of drug-likeness (QED) is 0.323. The molecule has 8 rings (SSSR count). The van der Waals surface area contributed by atoms with Crippen LogP contribution >= 0.6 is 0 Å². The van der Waals surface area contributed by atoms with Crippen LogP contribution in [0, 0.1) is 28.6 Å². The van der Waals surface area contributed by atoms with E-state index >= 15 is 4.79 Å². The summed E-state index contributed by atoms with van der Waals surface area (Å²) in [6.45, 7) is 4.12. The average Bonchev–Trinajstić information content (AvgIpc) is 2.98. The SMILES string of the molecule is CCOC(=O)[C@]12CN(C34CC5CC(CC(C5)C3)C4)C[C@@](C(=O)OCC)(C1=O)[C@H](c1ccccc1)O[C@@H]2c1ccccc1. The number of nitrogens with zero attached hydrogens (tertiary/aromatic N) is 1. The predicted molar refractivity (Wildman–Crippen MR) is 155 cm³/mol. The smallest absolute Gasteiger partial charge is 0.324 e. The number of hydrogen-bond acceptors (Lipinski definition) is 7. The van der Waals surface area contributed by atoms with Crippen LogP contribution in [0.2, 0.25) is 0 Å². The first-order chi connectivity index (χ1) is 20.4. The number of ketones is 1. The van der Waals surface area contributed by atoms with Gasteiger partial charge in [0.2, 0.25) is 0 Å². The van der Waals surface area contributed by atoms with Gasteiger partial charge in [-0.3, -0.25) is 19.3 Å². The van der Waals surface area contributed by atoms with E-state index in [1.165, 1.54) is 19.3 Å². The van der Waals surface area contributed by atoms with Gasteiger partial charge in [-0.25, -0.2) is 0 Å². The third-order valence-electron chi connectivity index (χ3n) is 11.0. The minimum atomic E-state index is -1.71. The summed E-state index contributed by atoms with van der Waals surface area (Å²) in [5.41, 5.74) is -2.13. The number of fused-ring (bicyclic) bond motifs is 2. The lowest BCUT2D eigenvalue weighted by molar-refractivity contribution is -0.246. The molecule has 2 aromatic rings. The van der Waals surface area contributed by atoms with Gasteiger partial charge in [-0.1, -0.05) is 60.7 Å². The number of carbonyl (C=O) groups is 3. The van der Waals surface area contributed by atoms with Crippen LogP contribution in [0.1, 0.15) is 75.7 Å². The molecule has 4 aliphatic carbocycles. The van der Waals surface area contributed by atoms with Crippen LogP contribution in [0.3, 0.4) is 0 Å². The number of likely N-dealkylation sites (tertiary alicyclic amines) is 1. The first kappa shape index (κ1) is 27.8. The van der Waals surface area contributed by atoms with Crippen LogP contribution in [0.15, 0.2) is 60.7 Å². The highest BCUT2D eigenvalue weighted by atomic mass is 16.6. The maximum atomic E-state index is 15.3. The molecule has 4 saturated carbocycles. The maximum Gasteiger partial charge on any atom is 0.324 e. The van der Waals surface area contributed by atoms with Crippen LogP contribution in [0.5, 0.6) is 0 Å². The molecule has 0 amide bonds. The molecule has 2 aliphatic heterocycles. The van der Waals surface area contributed by atoms with Gasteiger partial charge in [0.05, 0.1) is 13.2 Å². The largest absolute Gasteiger partial charge is 0.465 e. The highest BCUT2D eigenvalue weighted by Crippen LogP contribution is 2.64. The van der Waals surface area contributed by atoms with Crippen molar-refractivity contribution < 1.29 is 28.6 Å². The van der Waals surface area contributed by atoms with Gasteiger partial charge < -0.3 is 14.2 Å². The maximum absolute atomic E-state index is 15.3. The second-order valence-corrected chi connectivity index (χ2v) is 13.4. The van der Waals surface area contributed by atoms with Crippen LogP contribution < -0.4 is 0 Å². The van der Waals surface area contributed by atoms with E-state index in [1.54, 1.807) is 13.8 Å². The first-order valence-electron chi connectivity index (χ1n) is 15.8. The van der Waals surface area contributed by atoms with E-state index in [9.17, 15) is 9.59 Å². The number of carbonyl (C=O) groups excluding carboxylic acids is 3. The molecule has 0 unspecified atom stereocenters. The Morgan fingerprint density at radius 2 is 1.14 bits per heavy atom. The fourth-order valence-electron chi connectivity index (χ4n) is 9.79. The lowest BCUT2D eigenvalue weighted by atomic mass is 9.50. The van der Waals surface area contributed by atoms with Crippen LogP contribution in [-0.2, 0) is 28.6 Å². The standard InChI is InChI=1S/C35H41NO6/c1-3-40-31(38)34-21-36(33-18-23-15-24(19-33)17-25(16-23)20-33)22-35(30(34)37,32(39)41-4-2)29(27-13-9-6-10-14-27)42-28(34)26-11-7-5-8-12-26/h5-14,23-25,28-29H,3-4,15-22H2,1-2H3/t23?,24?,25?,28-,29+,33?,34-,35-/m0/s1. The average molecular weight is 572 g/mol. The minimum Gasteiger partial charge on any atom is -0.465 e. The monoisotopic (exact) mass is 571 g/mol. The Labute approximate surface area is 247 Å². The van der Waals surface area contributed by atoms with Gasteiger partial charge in [0.15, 0.2) is 16.6 Å². The Balaban J connectivity index is 1.47. The van der Waals surface area contributed by atoms with Crippen molar-refractivity contribution in [2.45, 2.75) is 70.1 Å². The number of piperidine rings is 1. The van der Waals surface area contributed by atoms with Gasteiger partial charge in [-0.15, -0.1) is 0 Å². The molecule has 0 aromatic heterocycles. The second-order valence-electron chi connectivity index (χ2n) is 13.4. The molecule has 6 bridgehead atoms. The summed E-state index contributed by atoms with van der Waals surface area (Å²) in [5.74, 6) is 0.296. The first-order valence-corrected chi connectivity index (χ1v) is 15.8. The molecule has 7 nitrogen and oxygen atoms in total. The van der Waals surface area contributed by atoms with E-state index in [0.29, 0.717) is 17.8 Å². The zero-order valence-corrected chi connectivity index (χ0v) is 24.6. The molecule has 222 valence electrons. The normalized spacial score (nSPS) is 38.7. The Morgan fingerprint density at radius 3 is 1.52 bits per heavy atom. The molecular formula is C35H41NO6. The summed E-state index contributed by atoms with van der Waals surface area (Å²) < 4.78 is 18.5. The third kappa shape index (κ3) is 3.96. The fraction of sp³-hybridized carbons (Fsp3) is 0.571. The second kappa shape index (κ2) is 10.3. The van der Waals surface area contributed by atoms with Gasteiger partial charge in [-0.2, -0.15) is 0 Å². The number of esters is 2. The van der Waals surface area contributed by atoms with Crippen molar-refractivity contribution in [3.63, 3.8) is 0 Å². The van der Waals surface area contributed by atoms with Crippen molar-refractivity contribution in [2.24, 2.45) is 28.6 Å². The zero-order valence-electron chi connectivity index (χ0n) is 24.6.